The number of fused-ring (bicyclic) bond motifs is 2. The van der Waals surface area contributed by atoms with Gasteiger partial charge in [-0.15, -0.1) is 17.9 Å². The zero-order chi connectivity index (χ0) is 68.8. The van der Waals surface area contributed by atoms with Crippen molar-refractivity contribution >= 4 is 69.8 Å². The Morgan fingerprint density at radius 1 is 0.660 bits per heavy atom. The molecule has 9 rings (SSSR count). The fourth-order valence-corrected chi connectivity index (χ4v) is 9.71. The first kappa shape index (κ1) is 71.6. The van der Waals surface area contributed by atoms with Crippen LogP contribution in [0, 0.1) is 24.7 Å². The molecule has 504 valence electrons. The number of benzene rings is 2. The Labute approximate surface area is 541 Å². The standard InChI is InChI=1S/C29H37N7O7.C21H24N2O7.C12H18N6O3/c1-7-12-41-18-10-8-17(9-11-18)13-19(33-28(40)43-29(2,3)4)26(39)34-21-20(14-37)42-27(23(21)38)36-16-32-22-24(35(5)6)30-15-31-25(22)36;1-5-12-28-15-8-6-14(7-9-15)13-16(22-20(27)29-21(2,3)4)19(26)30-23-17(24)10-11-18(23)25;1-17(2)10-8-11(15-4-14-10)18(5-16-8)12-9(20)7(13)6(3-19)21-12/h1,8-11,15-16,19-21,23,27,37-38H,12-14H2,2-6H3,(H,33,40)(H,34,39);1,6-9,16H,10-13H2,2-4H3,(H,22,27);4-7,9,12,19-20H,3,13H2,1-2H3/t19?,20-,21?,23+,27-;;6-,7?,9+,12-/m1.1/s1. The van der Waals surface area contributed by atoms with Crippen molar-refractivity contribution in [2.75, 3.05) is 64.4 Å². The van der Waals surface area contributed by atoms with Crippen LogP contribution in [0.2, 0.25) is 0 Å². The highest BCUT2D eigenvalue weighted by Crippen LogP contribution is 2.34. The van der Waals surface area contributed by atoms with E-state index in [4.69, 9.17) is 51.8 Å². The number of carbonyl (C=O) groups excluding carboxylic acids is 6. The molecule has 7 heterocycles. The quantitative estimate of drug-likeness (QED) is 0.0390. The zero-order valence-corrected chi connectivity index (χ0v) is 53.6. The van der Waals surface area contributed by atoms with Crippen molar-refractivity contribution in [3.63, 3.8) is 0 Å². The third-order valence-corrected chi connectivity index (χ3v) is 14.1. The van der Waals surface area contributed by atoms with Gasteiger partial charge in [0, 0.05) is 53.9 Å². The molecule has 0 saturated carbocycles. The van der Waals surface area contributed by atoms with E-state index < -0.39 is 115 Å². The Balaban J connectivity index is 0.000000213. The van der Waals surface area contributed by atoms with Crippen molar-refractivity contribution in [1.29, 1.82) is 0 Å². The number of alkyl carbamates (subject to hydrolysis) is 2. The number of hydroxylamine groups is 2. The van der Waals surface area contributed by atoms with Crippen LogP contribution < -0.4 is 41.0 Å². The monoisotopic (exact) mass is 1310 g/mol. The minimum Gasteiger partial charge on any atom is -0.481 e. The van der Waals surface area contributed by atoms with Gasteiger partial charge in [-0.25, -0.2) is 44.3 Å². The second-order valence-corrected chi connectivity index (χ2v) is 24.0. The van der Waals surface area contributed by atoms with Gasteiger partial charge in [0.1, 0.15) is 85.1 Å². The molecule has 0 aliphatic carbocycles. The number of carbonyl (C=O) groups is 6. The molecule has 9 N–H and O–H groups in total. The van der Waals surface area contributed by atoms with Gasteiger partial charge in [-0.3, -0.25) is 23.5 Å². The van der Waals surface area contributed by atoms with Gasteiger partial charge < -0.3 is 85.2 Å². The van der Waals surface area contributed by atoms with Crippen molar-refractivity contribution in [3.05, 3.63) is 85.0 Å². The van der Waals surface area contributed by atoms with Gasteiger partial charge in [0.25, 0.3) is 11.8 Å². The third kappa shape index (κ3) is 18.5. The average Bonchev–Trinajstić information content (AvgIpc) is 1.62. The number of hydrogen-bond donors (Lipinski definition) is 8. The van der Waals surface area contributed by atoms with Crippen molar-refractivity contribution in [2.45, 2.75) is 139 Å². The second kappa shape index (κ2) is 31.7. The van der Waals surface area contributed by atoms with E-state index in [2.05, 4.69) is 57.7 Å². The highest BCUT2D eigenvalue weighted by Gasteiger charge is 2.47. The number of terminal acetylenes is 2. The van der Waals surface area contributed by atoms with E-state index in [1.54, 1.807) is 99.5 Å². The van der Waals surface area contributed by atoms with Crippen LogP contribution in [0.1, 0.15) is 78.0 Å². The van der Waals surface area contributed by atoms with Crippen molar-refractivity contribution in [1.82, 2.24) is 60.1 Å². The van der Waals surface area contributed by atoms with Crippen LogP contribution >= 0.6 is 0 Å². The number of amides is 5. The highest BCUT2D eigenvalue weighted by molar-refractivity contribution is 6.02. The van der Waals surface area contributed by atoms with Crippen molar-refractivity contribution in [3.8, 4) is 36.2 Å². The van der Waals surface area contributed by atoms with Crippen molar-refractivity contribution in [2.24, 2.45) is 5.73 Å². The molecular formula is C62H79N15O17. The summed E-state index contributed by atoms with van der Waals surface area (Å²) in [6, 6.07) is 9.63. The lowest BCUT2D eigenvalue weighted by atomic mass is 10.0. The number of nitrogens with zero attached hydrogens (tertiary/aromatic N) is 11. The van der Waals surface area contributed by atoms with Crippen LogP contribution in [0.4, 0.5) is 21.2 Å². The molecular weight excluding hydrogens is 1230 g/mol. The molecule has 3 saturated heterocycles. The Hall–Kier alpha value is -9.80. The van der Waals surface area contributed by atoms with Crippen LogP contribution in [0.25, 0.3) is 22.3 Å². The van der Waals surface area contributed by atoms with Crippen LogP contribution in [0.3, 0.4) is 0 Å². The fraction of sp³-hybridized carbons (Fsp3) is 0.484. The lowest BCUT2D eigenvalue weighted by Gasteiger charge is -2.26. The van der Waals surface area contributed by atoms with Gasteiger partial charge in [0.2, 0.25) is 5.91 Å². The maximum atomic E-state index is 13.6. The normalized spacial score (nSPS) is 20.7. The van der Waals surface area contributed by atoms with Gasteiger partial charge in [-0.05, 0) is 76.9 Å². The molecule has 0 radical (unpaired) electrons. The van der Waals surface area contributed by atoms with Crippen LogP contribution in [0.15, 0.2) is 73.8 Å². The third-order valence-electron chi connectivity index (χ3n) is 14.1. The van der Waals surface area contributed by atoms with E-state index in [1.807, 2.05) is 33.1 Å². The molecule has 3 aliphatic heterocycles. The number of imidazole rings is 2. The number of aliphatic hydroxyl groups is 4. The number of hydrogen-bond acceptors (Lipinski definition) is 26. The number of aliphatic hydroxyl groups excluding tert-OH is 4. The summed E-state index contributed by atoms with van der Waals surface area (Å²) in [6.45, 7) is 9.65. The first-order chi connectivity index (χ1) is 44.5. The maximum absolute atomic E-state index is 13.6. The lowest BCUT2D eigenvalue weighted by Crippen LogP contribution is -2.56. The number of imide groups is 1. The van der Waals surface area contributed by atoms with E-state index in [1.165, 1.54) is 29.9 Å². The van der Waals surface area contributed by atoms with Crippen molar-refractivity contribution < 1.29 is 82.5 Å². The van der Waals surface area contributed by atoms with Crippen LogP contribution in [0.5, 0.6) is 11.5 Å². The van der Waals surface area contributed by atoms with Crippen LogP contribution in [-0.2, 0) is 55.8 Å². The van der Waals surface area contributed by atoms with E-state index in [-0.39, 0.29) is 45.5 Å². The van der Waals surface area contributed by atoms with Gasteiger partial charge in [0.05, 0.1) is 38.0 Å². The predicted molar refractivity (Wildman–Crippen MR) is 336 cm³/mol. The molecule has 5 amide bonds. The first-order valence-electron chi connectivity index (χ1n) is 29.6. The zero-order valence-electron chi connectivity index (χ0n) is 53.6. The molecule has 4 unspecified atom stereocenters. The molecule has 4 aromatic heterocycles. The highest BCUT2D eigenvalue weighted by atomic mass is 16.7. The molecule has 94 heavy (non-hydrogen) atoms. The Kier molecular flexibility index (Phi) is 24.1. The number of ether oxygens (including phenoxy) is 6. The van der Waals surface area contributed by atoms with Gasteiger partial charge in [-0.2, -0.15) is 0 Å². The number of anilines is 2. The molecule has 32 heteroatoms. The molecule has 3 aliphatic rings. The summed E-state index contributed by atoms with van der Waals surface area (Å²) in [5, 5.41) is 49.1. The Morgan fingerprint density at radius 3 is 1.50 bits per heavy atom. The van der Waals surface area contributed by atoms with Crippen LogP contribution in [-0.4, -0.2) is 215 Å². The number of rotatable bonds is 20. The maximum Gasteiger partial charge on any atom is 0.408 e. The molecule has 3 fully saturated rings. The molecule has 2 aromatic carbocycles. The SMILES string of the molecule is C#CCOc1ccc(CC(NC(=O)OC(C)(C)C)C(=O)NC2[C@@H](CO)O[C@@H](n3cnc4c(N(C)C)ncnc43)[C@H]2O)cc1.C#CCOc1ccc(CC(NC(=O)OC(C)(C)C)C(=O)ON2C(=O)CCC2=O)cc1.CN(C)c1ncnc2c1ncn2[C@@H]1O[C@H](CO)C(N)[C@@H]1O. The van der Waals surface area contributed by atoms with E-state index in [9.17, 15) is 49.2 Å². The van der Waals surface area contributed by atoms with E-state index in [0.29, 0.717) is 61.7 Å². The van der Waals surface area contributed by atoms with Gasteiger partial charge in [0.15, 0.2) is 46.4 Å². The first-order valence-corrected chi connectivity index (χ1v) is 29.6. The summed E-state index contributed by atoms with van der Waals surface area (Å²) in [4.78, 5) is 109. The molecule has 10 atom stereocenters. The number of nitrogens with one attached hydrogen (secondary N) is 3. The summed E-state index contributed by atoms with van der Waals surface area (Å²) in [6.07, 6.45) is 9.05. The molecule has 0 spiro atoms. The summed E-state index contributed by atoms with van der Waals surface area (Å²) in [5.41, 5.74) is 7.70. The molecule has 32 nitrogen and oxygen atoms in total. The summed E-state index contributed by atoms with van der Waals surface area (Å²) in [5.74, 6) is 4.30. The number of aromatic nitrogens is 8. The minimum atomic E-state index is -1.30. The largest absolute Gasteiger partial charge is 0.481 e. The second-order valence-electron chi connectivity index (χ2n) is 24.0. The smallest absolute Gasteiger partial charge is 0.408 e. The minimum absolute atomic E-state index is 0.0315. The summed E-state index contributed by atoms with van der Waals surface area (Å²) in [7, 11) is 7.36. The predicted octanol–water partition coefficient (Wildman–Crippen LogP) is 0.988. The Morgan fingerprint density at radius 2 is 1.09 bits per heavy atom. The Bertz CT molecular complexity index is 3670. The summed E-state index contributed by atoms with van der Waals surface area (Å²) >= 11 is 0. The molecule has 0 bridgehead atoms. The topological polar surface area (TPSA) is 407 Å². The summed E-state index contributed by atoms with van der Waals surface area (Å²) < 4.78 is 36.0. The van der Waals surface area contributed by atoms with E-state index >= 15 is 0 Å². The lowest BCUT2D eigenvalue weighted by molar-refractivity contribution is -0.198. The average molecular weight is 1310 g/mol. The number of nitrogens with two attached hydrogens (primary N) is 1. The fourth-order valence-electron chi connectivity index (χ4n) is 9.71. The van der Waals surface area contributed by atoms with E-state index in [0.717, 1.165) is 0 Å². The van der Waals surface area contributed by atoms with Gasteiger partial charge in [-0.1, -0.05) is 36.1 Å². The molecule has 6 aromatic rings. The van der Waals surface area contributed by atoms with Gasteiger partial charge >= 0.3 is 18.2 Å².